The van der Waals surface area contributed by atoms with Gasteiger partial charge >= 0.3 is 0 Å². The zero-order valence-electron chi connectivity index (χ0n) is 36.9. The van der Waals surface area contributed by atoms with Crippen LogP contribution in [0, 0.1) is 23.3 Å². The van der Waals surface area contributed by atoms with Crippen molar-refractivity contribution in [1.29, 1.82) is 0 Å². The highest BCUT2D eigenvalue weighted by molar-refractivity contribution is 6.05. The maximum atomic E-state index is 16.6. The minimum atomic E-state index is -3.35. The molecule has 5 aromatic rings. The molecule has 1 unspecified atom stereocenters. The minimum absolute atomic E-state index is 0.00205. The molecule has 6 heterocycles. The van der Waals surface area contributed by atoms with Gasteiger partial charge in [-0.25, -0.2) is 26.3 Å². The number of nitrogens with zero attached hydrogens (tertiary/aromatic N) is 7. The van der Waals surface area contributed by atoms with Gasteiger partial charge in [-0.1, -0.05) is 12.1 Å². The number of aromatic nitrogens is 3. The van der Waals surface area contributed by atoms with Crippen molar-refractivity contribution in [2.24, 2.45) is 0 Å². The van der Waals surface area contributed by atoms with E-state index in [1.165, 1.54) is 49.3 Å². The number of aryl methyl sites for hydroxylation is 1. The molecule has 0 radical (unpaired) electrons. The topological polar surface area (TPSA) is 130 Å². The molecule has 3 saturated heterocycles. The van der Waals surface area contributed by atoms with Crippen LogP contribution < -0.4 is 15.1 Å². The van der Waals surface area contributed by atoms with Crippen molar-refractivity contribution in [3.05, 3.63) is 107 Å². The number of anilines is 2. The van der Waals surface area contributed by atoms with E-state index in [1.54, 1.807) is 56.1 Å². The highest BCUT2D eigenvalue weighted by Crippen LogP contribution is 2.42. The van der Waals surface area contributed by atoms with Crippen molar-refractivity contribution in [2.45, 2.75) is 56.5 Å². The van der Waals surface area contributed by atoms with Crippen molar-refractivity contribution in [1.82, 2.24) is 34.8 Å². The molecule has 2 aromatic heterocycles. The van der Waals surface area contributed by atoms with Gasteiger partial charge in [-0.15, -0.1) is 0 Å². The molecule has 0 bridgehead atoms. The fourth-order valence-corrected chi connectivity index (χ4v) is 9.88. The molecule has 4 aliphatic heterocycles. The van der Waals surface area contributed by atoms with E-state index in [-0.39, 0.29) is 121 Å². The van der Waals surface area contributed by atoms with Crippen LogP contribution in [0.4, 0.5) is 37.7 Å². The van der Waals surface area contributed by atoms with Gasteiger partial charge in [0.15, 0.2) is 17.5 Å². The number of H-pyrrole nitrogens is 1. The molecule has 9 rings (SSSR count). The molecule has 3 aromatic carbocycles. The number of halogens is 6. The van der Waals surface area contributed by atoms with Crippen LogP contribution in [0.25, 0.3) is 27.6 Å². The van der Waals surface area contributed by atoms with Gasteiger partial charge in [-0.2, -0.15) is 5.10 Å². The van der Waals surface area contributed by atoms with Crippen molar-refractivity contribution >= 4 is 51.5 Å². The molecule has 352 valence electrons. The zero-order valence-corrected chi connectivity index (χ0v) is 36.9. The molecule has 13 nitrogen and oxygen atoms in total. The summed E-state index contributed by atoms with van der Waals surface area (Å²) in [5, 5.41) is 6.51. The number of carbonyl (C=O) groups excluding carboxylic acids is 4. The second-order valence-electron chi connectivity index (χ2n) is 17.8. The second kappa shape index (κ2) is 18.2. The average Bonchev–Trinajstić information content (AvgIpc) is 4.01. The monoisotopic (exact) mass is 929 g/mol. The molecule has 2 atom stereocenters. The summed E-state index contributed by atoms with van der Waals surface area (Å²) >= 11 is 0. The van der Waals surface area contributed by atoms with Crippen LogP contribution in [0.15, 0.2) is 67.0 Å². The van der Waals surface area contributed by atoms with Gasteiger partial charge in [0.05, 0.1) is 35.4 Å². The first-order valence-electron chi connectivity index (χ1n) is 22.3. The molecule has 3 fully saturated rings. The highest BCUT2D eigenvalue weighted by atomic mass is 19.3. The van der Waals surface area contributed by atoms with Crippen LogP contribution >= 0.6 is 0 Å². The van der Waals surface area contributed by atoms with Gasteiger partial charge in [0, 0.05) is 108 Å². The van der Waals surface area contributed by atoms with Crippen molar-refractivity contribution < 1.29 is 45.5 Å². The molecule has 0 saturated carbocycles. The molecule has 4 aliphatic rings. The standard InChI is InChI=1S/C48H49F6N9O4/c1-58(2)47(67)36-25-34-33(24-32(43(51)45(34)56-36)29-5-3-15-61(26-29)41(65)13-18-63-16-4-14-55-63)31-7-10-38(44(52)42(31)50)62-17-12-39(48(53,54)27-62)60-21-19-59(20-22-60)37-9-6-28(23-35(37)49)30-8-11-40(64)57-46(30)66/h4-7,9-10,14,16,23-25,30,39,56H,3,8,11-13,15,17-22,26-27H2,1-2H3,(H,57,64,66)/t30?,39-/m0/s1. The molecule has 2 N–H and O–H groups in total. The Morgan fingerprint density at radius 1 is 0.851 bits per heavy atom. The first-order chi connectivity index (χ1) is 32.1. The average molecular weight is 930 g/mol. The largest absolute Gasteiger partial charge is 0.367 e. The summed E-state index contributed by atoms with van der Waals surface area (Å²) in [5.41, 5.74) is 0.475. The number of aromatic amines is 1. The van der Waals surface area contributed by atoms with E-state index in [2.05, 4.69) is 15.4 Å². The van der Waals surface area contributed by atoms with Gasteiger partial charge in [0.25, 0.3) is 11.8 Å². The maximum Gasteiger partial charge on any atom is 0.280 e. The van der Waals surface area contributed by atoms with Gasteiger partial charge in [0.1, 0.15) is 11.5 Å². The number of rotatable bonds is 10. The number of hydrogen-bond donors (Lipinski definition) is 2. The number of carbonyl (C=O) groups is 4. The second-order valence-corrected chi connectivity index (χ2v) is 17.8. The van der Waals surface area contributed by atoms with Crippen LogP contribution in [0.5, 0.6) is 0 Å². The van der Waals surface area contributed by atoms with Crippen LogP contribution in [0.2, 0.25) is 0 Å². The third-order valence-corrected chi connectivity index (χ3v) is 13.4. The van der Waals surface area contributed by atoms with E-state index in [0.29, 0.717) is 30.6 Å². The lowest BCUT2D eigenvalue weighted by molar-refractivity contribution is -0.134. The molecular weight excluding hydrogens is 881 g/mol. The van der Waals surface area contributed by atoms with Crippen molar-refractivity contribution in [3.8, 4) is 11.1 Å². The number of piperazine rings is 1. The summed E-state index contributed by atoms with van der Waals surface area (Å²) in [6.07, 6.45) is 6.06. The first-order valence-corrected chi connectivity index (χ1v) is 22.3. The van der Waals surface area contributed by atoms with Crippen LogP contribution in [-0.2, 0) is 20.9 Å². The quantitative estimate of drug-likeness (QED) is 0.119. The van der Waals surface area contributed by atoms with E-state index in [9.17, 15) is 19.2 Å². The summed E-state index contributed by atoms with van der Waals surface area (Å²) in [6, 6.07) is 10.3. The number of nitrogens with one attached hydrogen (secondary N) is 2. The van der Waals surface area contributed by atoms with Crippen molar-refractivity contribution in [2.75, 3.05) is 76.3 Å². The summed E-state index contributed by atoms with van der Waals surface area (Å²) in [4.78, 5) is 60.5. The van der Waals surface area contributed by atoms with Crippen LogP contribution in [0.3, 0.4) is 0 Å². The van der Waals surface area contributed by atoms with E-state index in [4.69, 9.17) is 0 Å². The SMILES string of the molecule is CN(C)C(=O)c1cc2c(-c3ccc(N4CC[C@H](N5CCN(c6ccc(C7CCC(=O)NC7=O)cc6F)CC5)C(F)(F)C4)c(F)c3F)cc(C3=CCCN(C(=O)CCn4cccn4)C3)c(F)c2[nH]1. The molecule has 19 heteroatoms. The predicted octanol–water partition coefficient (Wildman–Crippen LogP) is 6.55. The smallest absolute Gasteiger partial charge is 0.280 e. The lowest BCUT2D eigenvalue weighted by Gasteiger charge is -2.47. The summed E-state index contributed by atoms with van der Waals surface area (Å²) in [6.45, 7) is 0.753. The molecule has 0 aliphatic carbocycles. The van der Waals surface area contributed by atoms with E-state index in [1.807, 2.05) is 0 Å². The van der Waals surface area contributed by atoms with E-state index in [0.717, 1.165) is 4.90 Å². The summed E-state index contributed by atoms with van der Waals surface area (Å²) in [5.74, 6) is -9.52. The highest BCUT2D eigenvalue weighted by Gasteiger charge is 2.48. The molecule has 0 spiro atoms. The van der Waals surface area contributed by atoms with E-state index < -0.39 is 59.5 Å². The predicted molar refractivity (Wildman–Crippen MR) is 239 cm³/mol. The Kier molecular flexibility index (Phi) is 12.4. The Hall–Kier alpha value is -6.63. The fourth-order valence-electron chi connectivity index (χ4n) is 9.88. The maximum absolute atomic E-state index is 16.6. The number of fused-ring (bicyclic) bond motifs is 1. The van der Waals surface area contributed by atoms with Gasteiger partial charge < -0.3 is 24.6 Å². The number of alkyl halides is 2. The Balaban J connectivity index is 0.920. The summed E-state index contributed by atoms with van der Waals surface area (Å²) < 4.78 is 98.9. The fraction of sp³-hybridized carbons (Fsp3) is 0.396. The van der Waals surface area contributed by atoms with Crippen molar-refractivity contribution in [3.63, 3.8) is 0 Å². The Morgan fingerprint density at radius 2 is 1.63 bits per heavy atom. The zero-order chi connectivity index (χ0) is 47.3. The summed E-state index contributed by atoms with van der Waals surface area (Å²) in [7, 11) is 3.03. The molecular formula is C48H49F6N9O4. The van der Waals surface area contributed by atoms with Crippen LogP contribution in [-0.4, -0.2) is 132 Å². The normalized spacial score (nSPS) is 20.3. The third kappa shape index (κ3) is 8.88. The third-order valence-electron chi connectivity index (χ3n) is 13.4. The molecule has 4 amide bonds. The number of amides is 4. The number of hydrogen-bond acceptors (Lipinski definition) is 8. The van der Waals surface area contributed by atoms with Crippen LogP contribution in [0.1, 0.15) is 59.6 Å². The molecule has 67 heavy (non-hydrogen) atoms. The minimum Gasteiger partial charge on any atom is -0.367 e. The lowest BCUT2D eigenvalue weighted by Crippen LogP contribution is -2.62. The lowest BCUT2D eigenvalue weighted by atomic mass is 9.90. The van der Waals surface area contributed by atoms with Gasteiger partial charge in [0.2, 0.25) is 17.7 Å². The Labute approximate surface area is 381 Å². The number of imide groups is 1. The Bertz CT molecular complexity index is 2780. The first kappa shape index (κ1) is 45.5. The Morgan fingerprint density at radius 3 is 2.33 bits per heavy atom. The van der Waals surface area contributed by atoms with Gasteiger partial charge in [-0.3, -0.25) is 34.1 Å². The number of piperidine rings is 2. The number of benzene rings is 3. The van der Waals surface area contributed by atoms with Gasteiger partial charge in [-0.05, 0) is 78.4 Å². The van der Waals surface area contributed by atoms with E-state index >= 15 is 26.3 Å².